The number of hydrogen-bond acceptors (Lipinski definition) is 3. The summed E-state index contributed by atoms with van der Waals surface area (Å²) < 4.78 is 11.3. The summed E-state index contributed by atoms with van der Waals surface area (Å²) in [5.74, 6) is 0. The molecule has 1 saturated carbocycles. The molecule has 3 rings (SSSR count). The van der Waals surface area contributed by atoms with Gasteiger partial charge in [-0.3, -0.25) is 0 Å². The lowest BCUT2D eigenvalue weighted by Gasteiger charge is -2.25. The molecule has 2 fully saturated rings. The Balaban J connectivity index is 1.46. The zero-order chi connectivity index (χ0) is 10.8. The molecule has 0 bridgehead atoms. The molecule has 2 nitrogen and oxygen atoms in total. The lowest BCUT2D eigenvalue weighted by molar-refractivity contribution is 0.129. The normalized spacial score (nSPS) is 32.9. The summed E-state index contributed by atoms with van der Waals surface area (Å²) in [6.07, 6.45) is 5.03. The van der Waals surface area contributed by atoms with E-state index in [1.165, 1.54) is 29.8 Å². The van der Waals surface area contributed by atoms with Gasteiger partial charge in [-0.15, -0.1) is 0 Å². The molecule has 1 aromatic carbocycles. The molecular weight excluding hydrogens is 220 g/mol. The minimum Gasteiger partial charge on any atom is -0.370 e. The van der Waals surface area contributed by atoms with Crippen LogP contribution < -0.4 is 0 Å². The zero-order valence-electron chi connectivity index (χ0n) is 9.22. The van der Waals surface area contributed by atoms with Crippen molar-refractivity contribution in [3.05, 3.63) is 30.3 Å². The van der Waals surface area contributed by atoms with E-state index in [2.05, 4.69) is 12.1 Å². The van der Waals surface area contributed by atoms with Gasteiger partial charge < -0.3 is 8.92 Å². The number of ether oxygens (including phenoxy) is 1. The van der Waals surface area contributed by atoms with Crippen molar-refractivity contribution >= 4 is 12.0 Å². The van der Waals surface area contributed by atoms with Crippen LogP contribution in [0.3, 0.4) is 0 Å². The van der Waals surface area contributed by atoms with Crippen molar-refractivity contribution in [1.82, 2.24) is 0 Å². The topological polar surface area (TPSA) is 21.8 Å². The second kappa shape index (κ2) is 4.40. The molecule has 2 aliphatic rings. The number of benzene rings is 1. The van der Waals surface area contributed by atoms with Crippen LogP contribution in [0.15, 0.2) is 35.2 Å². The summed E-state index contributed by atoms with van der Waals surface area (Å²) in [6, 6.07) is 10.3. The fourth-order valence-corrected chi connectivity index (χ4v) is 2.91. The van der Waals surface area contributed by atoms with Crippen molar-refractivity contribution in [2.75, 3.05) is 6.61 Å². The molecule has 1 heterocycles. The van der Waals surface area contributed by atoms with Crippen LogP contribution in [0.5, 0.6) is 0 Å². The van der Waals surface area contributed by atoms with Gasteiger partial charge in [0.1, 0.15) is 0 Å². The summed E-state index contributed by atoms with van der Waals surface area (Å²) in [6.45, 7) is 0.978. The lowest BCUT2D eigenvalue weighted by atomic mass is 9.88. The van der Waals surface area contributed by atoms with E-state index in [4.69, 9.17) is 8.92 Å². The molecule has 0 amide bonds. The first-order chi connectivity index (χ1) is 7.86. The Morgan fingerprint density at radius 3 is 2.50 bits per heavy atom. The van der Waals surface area contributed by atoms with Gasteiger partial charge in [-0.25, -0.2) is 0 Å². The van der Waals surface area contributed by atoms with E-state index < -0.39 is 0 Å². The minimum atomic E-state index is 0.275. The van der Waals surface area contributed by atoms with E-state index in [0.717, 1.165) is 19.4 Å². The molecule has 0 N–H and O–H groups in total. The fourth-order valence-electron chi connectivity index (χ4n) is 2.20. The molecular formula is C13H16O2S. The molecule has 1 aliphatic carbocycles. The monoisotopic (exact) mass is 236 g/mol. The summed E-state index contributed by atoms with van der Waals surface area (Å²) >= 11 is 1.51. The molecule has 0 unspecified atom stereocenters. The van der Waals surface area contributed by atoms with Crippen LogP contribution in [0.25, 0.3) is 0 Å². The Bertz CT molecular complexity index is 338. The molecule has 3 heteroatoms. The Morgan fingerprint density at radius 1 is 1.19 bits per heavy atom. The third-order valence-corrected chi connectivity index (χ3v) is 4.25. The van der Waals surface area contributed by atoms with E-state index in [1.54, 1.807) is 0 Å². The Labute approximate surface area is 101 Å². The van der Waals surface area contributed by atoms with Crippen molar-refractivity contribution in [3.8, 4) is 0 Å². The molecule has 0 radical (unpaired) electrons. The molecule has 1 saturated heterocycles. The molecule has 0 aromatic heterocycles. The van der Waals surface area contributed by atoms with Gasteiger partial charge in [-0.2, -0.15) is 0 Å². The summed E-state index contributed by atoms with van der Waals surface area (Å²) in [7, 11) is 0. The Kier molecular flexibility index (Phi) is 2.92. The second-order valence-corrected chi connectivity index (χ2v) is 5.49. The first-order valence-electron chi connectivity index (χ1n) is 5.89. The van der Waals surface area contributed by atoms with Gasteiger partial charge in [0.05, 0.1) is 18.3 Å². The van der Waals surface area contributed by atoms with Crippen LogP contribution in [-0.2, 0) is 8.92 Å². The highest BCUT2D eigenvalue weighted by Gasteiger charge is 2.47. The van der Waals surface area contributed by atoms with Gasteiger partial charge in [0.25, 0.3) is 0 Å². The van der Waals surface area contributed by atoms with Crippen molar-refractivity contribution in [3.63, 3.8) is 0 Å². The number of rotatable bonds is 3. The molecule has 0 atom stereocenters. The third-order valence-electron chi connectivity index (χ3n) is 3.42. The smallest absolute Gasteiger partial charge is 0.0918 e. The average Bonchev–Trinajstić information content (AvgIpc) is 3.10. The van der Waals surface area contributed by atoms with Crippen LogP contribution in [0.4, 0.5) is 0 Å². The molecule has 16 heavy (non-hydrogen) atoms. The van der Waals surface area contributed by atoms with Crippen LogP contribution >= 0.6 is 12.0 Å². The zero-order valence-corrected chi connectivity index (χ0v) is 10.0. The van der Waals surface area contributed by atoms with Crippen LogP contribution in [0.1, 0.15) is 25.7 Å². The highest BCUT2D eigenvalue weighted by Crippen LogP contribution is 2.43. The predicted molar refractivity (Wildman–Crippen MR) is 64.3 cm³/mol. The highest BCUT2D eigenvalue weighted by molar-refractivity contribution is 7.94. The van der Waals surface area contributed by atoms with Crippen LogP contribution in [0.2, 0.25) is 0 Å². The van der Waals surface area contributed by atoms with Gasteiger partial charge >= 0.3 is 0 Å². The van der Waals surface area contributed by atoms with Gasteiger partial charge in [-0.1, -0.05) is 18.2 Å². The van der Waals surface area contributed by atoms with Crippen molar-refractivity contribution in [1.29, 1.82) is 0 Å². The summed E-state index contributed by atoms with van der Waals surface area (Å²) in [5, 5.41) is 0. The van der Waals surface area contributed by atoms with Crippen molar-refractivity contribution < 1.29 is 8.92 Å². The highest BCUT2D eigenvalue weighted by atomic mass is 32.2. The van der Waals surface area contributed by atoms with Gasteiger partial charge in [-0.05, 0) is 37.8 Å². The van der Waals surface area contributed by atoms with Crippen LogP contribution in [-0.4, -0.2) is 18.3 Å². The lowest BCUT2D eigenvalue weighted by Crippen LogP contribution is -2.25. The third kappa shape index (κ3) is 2.42. The molecule has 1 spiro atoms. The second-order valence-electron chi connectivity index (χ2n) is 4.66. The van der Waals surface area contributed by atoms with E-state index in [-0.39, 0.29) is 5.60 Å². The van der Waals surface area contributed by atoms with E-state index in [9.17, 15) is 0 Å². The van der Waals surface area contributed by atoms with E-state index >= 15 is 0 Å². The fraction of sp³-hybridized carbons (Fsp3) is 0.538. The SMILES string of the molecule is c1ccc(SO[C@H]2CC[C@@]3(CC2)CO3)cc1. The molecule has 1 aliphatic heterocycles. The maximum atomic E-state index is 5.85. The minimum absolute atomic E-state index is 0.275. The maximum absolute atomic E-state index is 5.85. The maximum Gasteiger partial charge on any atom is 0.0918 e. The standard InChI is InChI=1S/C13H16O2S/c1-2-4-12(5-3-1)16-15-11-6-8-13(9-7-11)10-14-13/h1-5,11H,6-10H2/t11-,13+. The number of hydrogen-bond donors (Lipinski definition) is 0. The van der Waals surface area contributed by atoms with Crippen molar-refractivity contribution in [2.24, 2.45) is 0 Å². The van der Waals surface area contributed by atoms with E-state index in [1.807, 2.05) is 18.2 Å². The van der Waals surface area contributed by atoms with E-state index in [0.29, 0.717) is 6.10 Å². The quantitative estimate of drug-likeness (QED) is 0.593. The largest absolute Gasteiger partial charge is 0.370 e. The molecule has 86 valence electrons. The van der Waals surface area contributed by atoms with Gasteiger partial charge in [0.15, 0.2) is 0 Å². The average molecular weight is 236 g/mol. The first kappa shape index (κ1) is 10.6. The van der Waals surface area contributed by atoms with Crippen molar-refractivity contribution in [2.45, 2.75) is 42.3 Å². The van der Waals surface area contributed by atoms with Gasteiger partial charge in [0, 0.05) is 16.9 Å². The first-order valence-corrected chi connectivity index (χ1v) is 6.63. The van der Waals surface area contributed by atoms with Gasteiger partial charge in [0.2, 0.25) is 0 Å². The predicted octanol–water partition coefficient (Wildman–Crippen LogP) is 3.42. The summed E-state index contributed by atoms with van der Waals surface area (Å²) in [5.41, 5.74) is 0.275. The van der Waals surface area contributed by atoms with Crippen LogP contribution in [0, 0.1) is 0 Å². The summed E-state index contributed by atoms with van der Waals surface area (Å²) in [4.78, 5) is 1.19. The molecule has 1 aromatic rings. The Hall–Kier alpha value is -0.510. The number of epoxide rings is 1. The Morgan fingerprint density at radius 2 is 1.88 bits per heavy atom.